The van der Waals surface area contributed by atoms with Gasteiger partial charge in [-0.25, -0.2) is 4.39 Å². The third kappa shape index (κ3) is 4.51. The molecule has 4 rings (SSSR count). The lowest BCUT2D eigenvalue weighted by molar-refractivity contribution is -0.130. The van der Waals surface area contributed by atoms with Crippen LogP contribution >= 0.6 is 0 Å². The van der Waals surface area contributed by atoms with E-state index in [0.717, 1.165) is 57.5 Å². The van der Waals surface area contributed by atoms with Gasteiger partial charge in [0.2, 0.25) is 5.91 Å². The molecule has 0 bridgehead atoms. The van der Waals surface area contributed by atoms with Gasteiger partial charge >= 0.3 is 0 Å². The summed E-state index contributed by atoms with van der Waals surface area (Å²) >= 11 is 0. The lowest BCUT2D eigenvalue weighted by atomic mass is 9.85. The number of aromatic nitrogens is 1. The van der Waals surface area contributed by atoms with Crippen molar-refractivity contribution < 1.29 is 14.0 Å². The number of amides is 2. The topological polar surface area (TPSA) is 68.4 Å². The second-order valence-corrected chi connectivity index (χ2v) is 8.85. The lowest BCUT2D eigenvalue weighted by Gasteiger charge is -2.38. The Bertz CT molecular complexity index is 894. The maximum Gasteiger partial charge on any atom is 0.267 e. The van der Waals surface area contributed by atoms with Crippen LogP contribution in [0.5, 0.6) is 0 Å². The van der Waals surface area contributed by atoms with Crippen molar-refractivity contribution in [3.8, 4) is 0 Å². The van der Waals surface area contributed by atoms with Crippen molar-refractivity contribution in [2.24, 2.45) is 5.92 Å². The first-order valence-corrected chi connectivity index (χ1v) is 11.0. The first kappa shape index (κ1) is 20.8. The molecule has 2 fully saturated rings. The molecule has 1 saturated carbocycles. The molecule has 0 spiro atoms. The Morgan fingerprint density at radius 2 is 1.97 bits per heavy atom. The average molecular weight is 415 g/mol. The Hall–Kier alpha value is -2.41. The molecule has 0 radical (unpaired) electrons. The van der Waals surface area contributed by atoms with Crippen molar-refractivity contribution in [1.29, 1.82) is 0 Å². The lowest BCUT2D eigenvalue weighted by Crippen LogP contribution is -2.50. The van der Waals surface area contributed by atoms with Gasteiger partial charge in [-0.3, -0.25) is 14.5 Å². The summed E-state index contributed by atoms with van der Waals surface area (Å²) in [5.41, 5.74) is 2.03. The smallest absolute Gasteiger partial charge is 0.267 e. The maximum absolute atomic E-state index is 14.1. The number of nitrogens with zero attached hydrogens (tertiary/aromatic N) is 2. The quantitative estimate of drug-likeness (QED) is 0.808. The summed E-state index contributed by atoms with van der Waals surface area (Å²) in [4.78, 5) is 31.7. The van der Waals surface area contributed by atoms with Crippen molar-refractivity contribution in [3.05, 3.63) is 35.3 Å². The van der Waals surface area contributed by atoms with E-state index in [9.17, 15) is 14.0 Å². The molecule has 1 aromatic carbocycles. The van der Waals surface area contributed by atoms with Crippen LogP contribution in [0.3, 0.4) is 0 Å². The van der Waals surface area contributed by atoms with Gasteiger partial charge in [0, 0.05) is 51.1 Å². The first-order chi connectivity index (χ1) is 14.4. The summed E-state index contributed by atoms with van der Waals surface area (Å²) in [7, 11) is 0. The molecule has 0 unspecified atom stereocenters. The molecule has 7 heteroatoms. The molecule has 6 nitrogen and oxygen atoms in total. The summed E-state index contributed by atoms with van der Waals surface area (Å²) in [6.45, 7) is 8.01. The monoisotopic (exact) mass is 414 g/mol. The number of aromatic amines is 1. The van der Waals surface area contributed by atoms with E-state index >= 15 is 0 Å². The fraction of sp³-hybridized carbons (Fsp3) is 0.565. The number of rotatable bonds is 4. The van der Waals surface area contributed by atoms with E-state index in [2.05, 4.69) is 15.2 Å². The molecule has 1 saturated heterocycles. The van der Waals surface area contributed by atoms with Crippen LogP contribution in [-0.4, -0.2) is 65.4 Å². The van der Waals surface area contributed by atoms with Crippen LogP contribution in [0.4, 0.5) is 4.39 Å². The fourth-order valence-corrected chi connectivity index (χ4v) is 4.91. The molecule has 1 aliphatic carbocycles. The van der Waals surface area contributed by atoms with Crippen LogP contribution in [0.15, 0.2) is 18.2 Å². The molecule has 2 heterocycles. The van der Waals surface area contributed by atoms with Crippen molar-refractivity contribution in [3.63, 3.8) is 0 Å². The number of piperazine rings is 1. The molecular formula is C23H31FN4O2. The van der Waals surface area contributed by atoms with E-state index in [1.165, 1.54) is 12.5 Å². The zero-order valence-electron chi connectivity index (χ0n) is 17.8. The number of benzene rings is 1. The SMILES string of the molecule is CC(=O)N1CCN(C[C@H]2CCC[C@@H](NC(=O)c3cc4c(F)ccc(C)c4[nH]3)C2)CC1. The van der Waals surface area contributed by atoms with Crippen LogP contribution < -0.4 is 5.32 Å². The molecule has 2 amide bonds. The van der Waals surface area contributed by atoms with Crippen molar-refractivity contribution in [2.75, 3.05) is 32.7 Å². The average Bonchev–Trinajstić information content (AvgIpc) is 3.19. The second-order valence-electron chi connectivity index (χ2n) is 8.85. The van der Waals surface area contributed by atoms with E-state index in [0.29, 0.717) is 22.5 Å². The van der Waals surface area contributed by atoms with Gasteiger partial charge in [-0.05, 0) is 49.8 Å². The Labute approximate surface area is 176 Å². The van der Waals surface area contributed by atoms with Crippen LogP contribution in [-0.2, 0) is 4.79 Å². The zero-order valence-corrected chi connectivity index (χ0v) is 17.8. The highest BCUT2D eigenvalue weighted by Crippen LogP contribution is 2.27. The minimum absolute atomic E-state index is 0.145. The van der Waals surface area contributed by atoms with Crippen LogP contribution in [0.25, 0.3) is 10.9 Å². The third-order valence-electron chi connectivity index (χ3n) is 6.65. The molecule has 162 valence electrons. The van der Waals surface area contributed by atoms with E-state index in [1.807, 2.05) is 11.8 Å². The summed E-state index contributed by atoms with van der Waals surface area (Å²) in [5.74, 6) is 0.233. The van der Waals surface area contributed by atoms with E-state index < -0.39 is 0 Å². The van der Waals surface area contributed by atoms with E-state index in [4.69, 9.17) is 0 Å². The predicted octanol–water partition coefficient (Wildman–Crippen LogP) is 3.07. The Morgan fingerprint density at radius 1 is 1.20 bits per heavy atom. The van der Waals surface area contributed by atoms with E-state index in [1.54, 1.807) is 19.1 Å². The third-order valence-corrected chi connectivity index (χ3v) is 6.65. The number of nitrogens with one attached hydrogen (secondary N) is 2. The zero-order chi connectivity index (χ0) is 21.3. The van der Waals surface area contributed by atoms with Gasteiger partial charge in [0.25, 0.3) is 5.91 Å². The fourth-order valence-electron chi connectivity index (χ4n) is 4.91. The molecule has 30 heavy (non-hydrogen) atoms. The second kappa shape index (κ2) is 8.76. The summed E-state index contributed by atoms with van der Waals surface area (Å²) in [6, 6.07) is 4.92. The van der Waals surface area contributed by atoms with Gasteiger partial charge in [-0.2, -0.15) is 0 Å². The number of halogens is 1. The van der Waals surface area contributed by atoms with Gasteiger partial charge in [0.15, 0.2) is 0 Å². The van der Waals surface area contributed by atoms with Crippen LogP contribution in [0.1, 0.15) is 48.7 Å². The van der Waals surface area contributed by atoms with Crippen molar-refractivity contribution >= 4 is 22.7 Å². The predicted molar refractivity (Wildman–Crippen MR) is 115 cm³/mol. The maximum atomic E-state index is 14.1. The molecule has 1 aromatic heterocycles. The number of carbonyl (C=O) groups is 2. The molecule has 2 atom stereocenters. The van der Waals surface area contributed by atoms with Crippen LogP contribution in [0.2, 0.25) is 0 Å². The highest BCUT2D eigenvalue weighted by atomic mass is 19.1. The van der Waals surface area contributed by atoms with Gasteiger partial charge in [-0.1, -0.05) is 12.5 Å². The first-order valence-electron chi connectivity index (χ1n) is 11.0. The summed E-state index contributed by atoms with van der Waals surface area (Å²) in [5, 5.41) is 3.62. The minimum Gasteiger partial charge on any atom is -0.350 e. The number of carbonyl (C=O) groups excluding carboxylic acids is 2. The Morgan fingerprint density at radius 3 is 2.67 bits per heavy atom. The number of H-pyrrole nitrogens is 1. The number of aryl methyl sites for hydroxylation is 1. The highest BCUT2D eigenvalue weighted by Gasteiger charge is 2.27. The summed E-state index contributed by atoms with van der Waals surface area (Å²) < 4.78 is 14.1. The van der Waals surface area contributed by atoms with Gasteiger partial charge in [0.05, 0.1) is 5.52 Å². The summed E-state index contributed by atoms with van der Waals surface area (Å²) in [6.07, 6.45) is 4.22. The Kier molecular flexibility index (Phi) is 6.09. The number of fused-ring (bicyclic) bond motifs is 1. The molecule has 2 N–H and O–H groups in total. The van der Waals surface area contributed by atoms with Crippen molar-refractivity contribution in [2.45, 2.75) is 45.6 Å². The Balaban J connectivity index is 1.33. The largest absolute Gasteiger partial charge is 0.350 e. The van der Waals surface area contributed by atoms with E-state index in [-0.39, 0.29) is 23.7 Å². The number of hydrogen-bond acceptors (Lipinski definition) is 3. The van der Waals surface area contributed by atoms with Crippen LogP contribution in [0, 0.1) is 18.7 Å². The molecule has 2 aliphatic rings. The van der Waals surface area contributed by atoms with Gasteiger partial charge < -0.3 is 15.2 Å². The standard InChI is InChI=1S/C23H31FN4O2/c1-15-6-7-20(24)19-13-21(26-22(15)19)23(30)25-18-5-3-4-17(12-18)14-27-8-10-28(11-9-27)16(2)29/h6-7,13,17-18,26H,3-5,8-12,14H2,1-2H3,(H,25,30)/t17-,18+/m0/s1. The molecule has 2 aromatic rings. The highest BCUT2D eigenvalue weighted by molar-refractivity contribution is 5.99. The minimum atomic E-state index is -0.312. The molecule has 1 aliphatic heterocycles. The van der Waals surface area contributed by atoms with Crippen molar-refractivity contribution in [1.82, 2.24) is 20.1 Å². The number of hydrogen-bond donors (Lipinski definition) is 2. The van der Waals surface area contributed by atoms with Gasteiger partial charge in [-0.15, -0.1) is 0 Å². The van der Waals surface area contributed by atoms with Gasteiger partial charge in [0.1, 0.15) is 11.5 Å². The normalized spacial score (nSPS) is 23.0. The molecular weight excluding hydrogens is 383 g/mol.